The smallest absolute Gasteiger partial charge is 0.298 e. The molecule has 1 unspecified atom stereocenters. The van der Waals surface area contributed by atoms with E-state index in [0.717, 1.165) is 11.3 Å². The molecule has 9 nitrogen and oxygen atoms in total. The van der Waals surface area contributed by atoms with Crippen LogP contribution in [0.15, 0.2) is 47.1 Å². The van der Waals surface area contributed by atoms with E-state index in [4.69, 9.17) is 9.68 Å². The summed E-state index contributed by atoms with van der Waals surface area (Å²) in [4.78, 5) is 26.2. The quantitative estimate of drug-likeness (QED) is 0.711. The Labute approximate surface area is 161 Å². The first-order valence-electron chi connectivity index (χ1n) is 8.75. The standard InChI is InChI=1S/C19H17N7O2/c1-12-17(27)21-7-8-26(12)19-23-11-16(28-19)13-3-2-4-14(9-13)24-18-22-6-5-15(10-20)25-18/h2-6,9,11-12H,7-8H2,1H3,(H,21,27)(H,22,24,25). The molecular formula is C19H17N7O2. The number of amides is 1. The van der Waals surface area contributed by atoms with Crippen LogP contribution in [0, 0.1) is 11.3 Å². The van der Waals surface area contributed by atoms with Crippen LogP contribution in [-0.4, -0.2) is 40.0 Å². The molecule has 1 amide bonds. The van der Waals surface area contributed by atoms with E-state index >= 15 is 0 Å². The van der Waals surface area contributed by atoms with Crippen LogP contribution in [0.1, 0.15) is 12.6 Å². The largest absolute Gasteiger partial charge is 0.423 e. The molecule has 0 spiro atoms. The van der Waals surface area contributed by atoms with Gasteiger partial charge in [0.2, 0.25) is 11.9 Å². The summed E-state index contributed by atoms with van der Waals surface area (Å²) < 4.78 is 5.90. The Morgan fingerprint density at radius 1 is 1.36 bits per heavy atom. The molecule has 1 aromatic carbocycles. The zero-order chi connectivity index (χ0) is 19.5. The summed E-state index contributed by atoms with van der Waals surface area (Å²) in [6.45, 7) is 3.02. The van der Waals surface area contributed by atoms with Crippen LogP contribution in [0.4, 0.5) is 17.7 Å². The normalized spacial score (nSPS) is 16.4. The second-order valence-electron chi connectivity index (χ2n) is 6.25. The number of rotatable bonds is 4. The van der Waals surface area contributed by atoms with E-state index in [9.17, 15) is 4.79 Å². The number of benzene rings is 1. The van der Waals surface area contributed by atoms with E-state index in [1.807, 2.05) is 42.2 Å². The van der Waals surface area contributed by atoms with Gasteiger partial charge in [-0.25, -0.2) is 15.0 Å². The molecule has 1 saturated heterocycles. The number of nitrogens with one attached hydrogen (secondary N) is 2. The molecular weight excluding hydrogens is 358 g/mol. The van der Waals surface area contributed by atoms with Gasteiger partial charge < -0.3 is 20.0 Å². The number of carbonyl (C=O) groups excluding carboxylic acids is 1. The summed E-state index contributed by atoms with van der Waals surface area (Å²) in [5, 5.41) is 14.8. The molecule has 1 aliphatic rings. The topological polar surface area (TPSA) is 120 Å². The minimum atomic E-state index is -0.335. The number of nitrogens with zero attached hydrogens (tertiary/aromatic N) is 5. The Balaban J connectivity index is 1.56. The lowest BCUT2D eigenvalue weighted by molar-refractivity contribution is -0.123. The number of nitriles is 1. The maximum Gasteiger partial charge on any atom is 0.298 e. The highest BCUT2D eigenvalue weighted by atomic mass is 16.4. The van der Waals surface area contributed by atoms with E-state index in [1.165, 1.54) is 6.20 Å². The summed E-state index contributed by atoms with van der Waals surface area (Å²) in [5.41, 5.74) is 1.85. The number of hydrogen-bond donors (Lipinski definition) is 2. The number of anilines is 3. The Kier molecular flexibility index (Phi) is 4.60. The lowest BCUT2D eigenvalue weighted by Crippen LogP contribution is -2.54. The zero-order valence-electron chi connectivity index (χ0n) is 15.1. The first-order valence-corrected chi connectivity index (χ1v) is 8.75. The predicted molar refractivity (Wildman–Crippen MR) is 102 cm³/mol. The van der Waals surface area contributed by atoms with E-state index in [2.05, 4.69) is 25.6 Å². The highest BCUT2D eigenvalue weighted by molar-refractivity contribution is 5.85. The van der Waals surface area contributed by atoms with E-state index in [1.54, 1.807) is 12.3 Å². The molecule has 0 bridgehead atoms. The molecule has 9 heteroatoms. The number of piperazine rings is 1. The molecule has 4 rings (SSSR count). The minimum absolute atomic E-state index is 0.0446. The number of carbonyl (C=O) groups is 1. The van der Waals surface area contributed by atoms with Crippen molar-refractivity contribution in [1.82, 2.24) is 20.3 Å². The molecule has 1 fully saturated rings. The molecule has 2 aromatic heterocycles. The van der Waals surface area contributed by atoms with Gasteiger partial charge in [-0.2, -0.15) is 5.26 Å². The van der Waals surface area contributed by atoms with Crippen molar-refractivity contribution >= 4 is 23.6 Å². The first-order chi connectivity index (χ1) is 13.6. The van der Waals surface area contributed by atoms with Gasteiger partial charge in [-0.15, -0.1) is 0 Å². The molecule has 0 saturated carbocycles. The average molecular weight is 375 g/mol. The highest BCUT2D eigenvalue weighted by Gasteiger charge is 2.28. The third kappa shape index (κ3) is 3.48. The Bertz CT molecular complexity index is 1060. The van der Waals surface area contributed by atoms with Gasteiger partial charge in [-0.05, 0) is 25.1 Å². The summed E-state index contributed by atoms with van der Waals surface area (Å²) >= 11 is 0. The molecule has 1 atom stereocenters. The fourth-order valence-electron chi connectivity index (χ4n) is 2.94. The Morgan fingerprint density at radius 2 is 2.25 bits per heavy atom. The zero-order valence-corrected chi connectivity index (χ0v) is 15.1. The van der Waals surface area contributed by atoms with Crippen LogP contribution in [0.5, 0.6) is 0 Å². The van der Waals surface area contributed by atoms with Crippen molar-refractivity contribution in [2.75, 3.05) is 23.3 Å². The minimum Gasteiger partial charge on any atom is -0.423 e. The third-order valence-corrected chi connectivity index (χ3v) is 4.41. The van der Waals surface area contributed by atoms with Crippen molar-refractivity contribution in [3.8, 4) is 17.4 Å². The molecule has 1 aliphatic heterocycles. The first kappa shape index (κ1) is 17.5. The van der Waals surface area contributed by atoms with Gasteiger partial charge in [-0.3, -0.25) is 4.79 Å². The molecule has 0 radical (unpaired) electrons. The monoisotopic (exact) mass is 375 g/mol. The molecule has 3 heterocycles. The van der Waals surface area contributed by atoms with Gasteiger partial charge in [0.25, 0.3) is 6.01 Å². The van der Waals surface area contributed by atoms with Crippen LogP contribution in [0.25, 0.3) is 11.3 Å². The van der Waals surface area contributed by atoms with Crippen LogP contribution in [0.3, 0.4) is 0 Å². The number of aromatic nitrogens is 3. The van der Waals surface area contributed by atoms with Crippen LogP contribution < -0.4 is 15.5 Å². The second-order valence-corrected chi connectivity index (χ2v) is 6.25. The predicted octanol–water partition coefficient (Wildman–Crippen LogP) is 2.07. The van der Waals surface area contributed by atoms with Gasteiger partial charge in [0.05, 0.1) is 6.20 Å². The van der Waals surface area contributed by atoms with Gasteiger partial charge >= 0.3 is 0 Å². The lowest BCUT2D eigenvalue weighted by Gasteiger charge is -2.31. The molecule has 28 heavy (non-hydrogen) atoms. The van der Waals surface area contributed by atoms with Gasteiger partial charge in [-0.1, -0.05) is 12.1 Å². The summed E-state index contributed by atoms with van der Waals surface area (Å²) in [6, 6.07) is 11.1. The maximum atomic E-state index is 11.9. The van der Waals surface area contributed by atoms with Gasteiger partial charge in [0.1, 0.15) is 17.8 Å². The van der Waals surface area contributed by atoms with Crippen LogP contribution in [0.2, 0.25) is 0 Å². The average Bonchev–Trinajstić information content (AvgIpc) is 3.20. The van der Waals surface area contributed by atoms with Gasteiger partial charge in [0, 0.05) is 30.5 Å². The lowest BCUT2D eigenvalue weighted by atomic mass is 10.1. The SMILES string of the molecule is CC1C(=O)NCCN1c1ncc(-c2cccc(Nc3nccc(C#N)n3)c2)o1. The number of oxazole rings is 1. The maximum absolute atomic E-state index is 11.9. The van der Waals surface area contributed by atoms with Crippen molar-refractivity contribution in [2.45, 2.75) is 13.0 Å². The number of hydrogen-bond acceptors (Lipinski definition) is 8. The van der Waals surface area contributed by atoms with Crippen LogP contribution in [-0.2, 0) is 4.79 Å². The van der Waals surface area contributed by atoms with Crippen molar-refractivity contribution in [3.05, 3.63) is 48.4 Å². The van der Waals surface area contributed by atoms with E-state index in [0.29, 0.717) is 30.8 Å². The second kappa shape index (κ2) is 7.36. The molecule has 140 valence electrons. The summed E-state index contributed by atoms with van der Waals surface area (Å²) in [7, 11) is 0. The highest BCUT2D eigenvalue weighted by Crippen LogP contribution is 2.28. The van der Waals surface area contributed by atoms with Crippen molar-refractivity contribution < 1.29 is 9.21 Å². The van der Waals surface area contributed by atoms with Crippen molar-refractivity contribution in [2.24, 2.45) is 0 Å². The van der Waals surface area contributed by atoms with Crippen molar-refractivity contribution in [3.63, 3.8) is 0 Å². The molecule has 3 aromatic rings. The van der Waals surface area contributed by atoms with Crippen LogP contribution >= 0.6 is 0 Å². The molecule has 2 N–H and O–H groups in total. The Morgan fingerprint density at radius 3 is 3.11 bits per heavy atom. The molecule has 0 aliphatic carbocycles. The fraction of sp³-hybridized carbons (Fsp3) is 0.211. The third-order valence-electron chi connectivity index (χ3n) is 4.41. The summed E-state index contributed by atoms with van der Waals surface area (Å²) in [5.74, 6) is 0.878. The van der Waals surface area contributed by atoms with E-state index in [-0.39, 0.29) is 17.6 Å². The van der Waals surface area contributed by atoms with Gasteiger partial charge in [0.15, 0.2) is 5.76 Å². The Hall–Kier alpha value is -3.93. The van der Waals surface area contributed by atoms with E-state index < -0.39 is 0 Å². The van der Waals surface area contributed by atoms with Crippen molar-refractivity contribution in [1.29, 1.82) is 5.26 Å². The fourth-order valence-corrected chi connectivity index (χ4v) is 2.94. The summed E-state index contributed by atoms with van der Waals surface area (Å²) in [6.07, 6.45) is 3.16.